The molecule has 0 heterocycles. The quantitative estimate of drug-likeness (QED) is 0.871. The van der Waals surface area contributed by atoms with E-state index >= 15 is 0 Å². The molecule has 1 amide bonds. The van der Waals surface area contributed by atoms with Crippen LogP contribution in [0.4, 0.5) is 0 Å². The van der Waals surface area contributed by atoms with Crippen molar-refractivity contribution in [2.45, 2.75) is 31.8 Å². The van der Waals surface area contributed by atoms with Gasteiger partial charge in [0.1, 0.15) is 5.75 Å². The third-order valence-electron chi connectivity index (χ3n) is 3.67. The number of hydrogen-bond acceptors (Lipinski definition) is 3. The molecule has 2 N–H and O–H groups in total. The number of benzene rings is 1. The fraction of sp³-hybridized carbons (Fsp3) is 0.533. The average molecular weight is 332 g/mol. The van der Waals surface area contributed by atoms with Gasteiger partial charge in [0, 0.05) is 12.6 Å². The van der Waals surface area contributed by atoms with Gasteiger partial charge in [0.2, 0.25) is 0 Å². The lowest BCUT2D eigenvalue weighted by Gasteiger charge is -2.25. The van der Waals surface area contributed by atoms with Crippen molar-refractivity contribution in [3.63, 3.8) is 0 Å². The molecule has 1 aliphatic rings. The van der Waals surface area contributed by atoms with Crippen LogP contribution in [0, 0.1) is 5.92 Å². The van der Waals surface area contributed by atoms with E-state index in [2.05, 4.69) is 5.32 Å². The topological polar surface area (TPSA) is 58.6 Å². The van der Waals surface area contributed by atoms with Crippen LogP contribution in [-0.4, -0.2) is 30.3 Å². The Hall–Kier alpha value is -0.970. The molecule has 1 aliphatic carbocycles. The number of hydrogen-bond donors (Lipinski definition) is 2. The van der Waals surface area contributed by atoms with Crippen LogP contribution in [0.3, 0.4) is 0 Å². The lowest BCUT2D eigenvalue weighted by atomic mass is 9.87. The molecule has 0 spiro atoms. The Bertz CT molecular complexity index is 488. The van der Waals surface area contributed by atoms with Gasteiger partial charge in [-0.1, -0.05) is 23.2 Å². The maximum absolute atomic E-state index is 11.7. The second-order valence-electron chi connectivity index (χ2n) is 5.34. The van der Waals surface area contributed by atoms with Crippen LogP contribution < -0.4 is 10.1 Å². The van der Waals surface area contributed by atoms with Gasteiger partial charge in [-0.25, -0.2) is 0 Å². The maximum atomic E-state index is 11.7. The van der Waals surface area contributed by atoms with Gasteiger partial charge in [0.15, 0.2) is 6.61 Å². The zero-order chi connectivity index (χ0) is 15.2. The summed E-state index contributed by atoms with van der Waals surface area (Å²) in [7, 11) is 0. The third-order valence-corrected chi connectivity index (χ3v) is 4.40. The smallest absolute Gasteiger partial charge is 0.257 e. The van der Waals surface area contributed by atoms with Crippen molar-refractivity contribution >= 4 is 29.1 Å². The van der Waals surface area contributed by atoms with Crippen molar-refractivity contribution in [1.82, 2.24) is 5.32 Å². The summed E-state index contributed by atoms with van der Waals surface area (Å²) >= 11 is 11.7. The highest BCUT2D eigenvalue weighted by Crippen LogP contribution is 2.26. The van der Waals surface area contributed by atoms with Gasteiger partial charge in [-0.05, 0) is 43.7 Å². The summed E-state index contributed by atoms with van der Waals surface area (Å²) in [5.74, 6) is 0.801. The maximum Gasteiger partial charge on any atom is 0.257 e. The lowest BCUT2D eigenvalue weighted by Crippen LogP contribution is -2.34. The van der Waals surface area contributed by atoms with E-state index in [4.69, 9.17) is 27.9 Å². The van der Waals surface area contributed by atoms with Crippen molar-refractivity contribution < 1.29 is 14.6 Å². The minimum absolute atomic E-state index is 0.0483. The molecule has 0 aromatic heterocycles. The Morgan fingerprint density at radius 2 is 1.95 bits per heavy atom. The Kier molecular flexibility index (Phi) is 6.15. The third kappa shape index (κ3) is 5.38. The van der Waals surface area contributed by atoms with Crippen LogP contribution in [0.2, 0.25) is 10.0 Å². The molecule has 0 atom stereocenters. The summed E-state index contributed by atoms with van der Waals surface area (Å²) in [5, 5.41) is 13.1. The van der Waals surface area contributed by atoms with Crippen molar-refractivity contribution in [3.8, 4) is 5.75 Å². The molecule has 0 aliphatic heterocycles. The molecule has 0 radical (unpaired) electrons. The molecule has 2 rings (SSSR count). The molecule has 0 unspecified atom stereocenters. The fourth-order valence-electron chi connectivity index (χ4n) is 2.37. The average Bonchev–Trinajstić information content (AvgIpc) is 2.48. The first-order chi connectivity index (χ1) is 10.0. The van der Waals surface area contributed by atoms with Crippen LogP contribution in [0.5, 0.6) is 5.75 Å². The molecule has 1 fully saturated rings. The van der Waals surface area contributed by atoms with E-state index in [0.717, 1.165) is 25.7 Å². The van der Waals surface area contributed by atoms with E-state index in [-0.39, 0.29) is 18.6 Å². The van der Waals surface area contributed by atoms with Crippen LogP contribution in [0.25, 0.3) is 0 Å². The SMILES string of the molecule is O=C(COc1ccc(Cl)c(Cl)c1)NCC1CCC(O)CC1. The van der Waals surface area contributed by atoms with Gasteiger partial charge in [-0.15, -0.1) is 0 Å². The van der Waals surface area contributed by atoms with Crippen molar-refractivity contribution in [2.75, 3.05) is 13.2 Å². The monoisotopic (exact) mass is 331 g/mol. The molecule has 0 saturated heterocycles. The Labute approximate surface area is 134 Å². The number of amides is 1. The first-order valence-corrected chi connectivity index (χ1v) is 7.83. The van der Waals surface area contributed by atoms with Crippen LogP contribution in [-0.2, 0) is 4.79 Å². The van der Waals surface area contributed by atoms with E-state index < -0.39 is 0 Å². The van der Waals surface area contributed by atoms with Crippen LogP contribution >= 0.6 is 23.2 Å². The number of ether oxygens (including phenoxy) is 1. The van der Waals surface area contributed by atoms with Gasteiger partial charge in [0.05, 0.1) is 16.1 Å². The highest BCUT2D eigenvalue weighted by atomic mass is 35.5. The zero-order valence-electron chi connectivity index (χ0n) is 11.6. The lowest BCUT2D eigenvalue weighted by molar-refractivity contribution is -0.123. The summed E-state index contributed by atoms with van der Waals surface area (Å²) in [6.45, 7) is 0.587. The fourth-order valence-corrected chi connectivity index (χ4v) is 2.66. The summed E-state index contributed by atoms with van der Waals surface area (Å²) in [6, 6.07) is 4.88. The Morgan fingerprint density at radius 1 is 1.24 bits per heavy atom. The minimum atomic E-state index is -0.171. The first kappa shape index (κ1) is 16.4. The highest BCUT2D eigenvalue weighted by Gasteiger charge is 2.19. The highest BCUT2D eigenvalue weighted by molar-refractivity contribution is 6.42. The largest absolute Gasteiger partial charge is 0.484 e. The predicted octanol–water partition coefficient (Wildman–Crippen LogP) is 3.04. The van der Waals surface area contributed by atoms with Gasteiger partial charge < -0.3 is 15.2 Å². The Morgan fingerprint density at radius 3 is 2.62 bits per heavy atom. The number of aliphatic hydroxyl groups excluding tert-OH is 1. The van der Waals surface area contributed by atoms with Crippen LogP contribution in [0.1, 0.15) is 25.7 Å². The van der Waals surface area contributed by atoms with Crippen LogP contribution in [0.15, 0.2) is 18.2 Å². The second kappa shape index (κ2) is 7.87. The van der Waals surface area contributed by atoms with Gasteiger partial charge in [-0.3, -0.25) is 4.79 Å². The summed E-state index contributed by atoms with van der Waals surface area (Å²) < 4.78 is 5.37. The minimum Gasteiger partial charge on any atom is -0.484 e. The number of carbonyl (C=O) groups is 1. The predicted molar refractivity (Wildman–Crippen MR) is 82.9 cm³/mol. The van der Waals surface area contributed by atoms with Crippen molar-refractivity contribution in [3.05, 3.63) is 28.2 Å². The van der Waals surface area contributed by atoms with Gasteiger partial charge in [0.25, 0.3) is 5.91 Å². The van der Waals surface area contributed by atoms with E-state index in [9.17, 15) is 9.90 Å². The molecular formula is C15H19Cl2NO3. The van der Waals surface area contributed by atoms with E-state index in [1.54, 1.807) is 18.2 Å². The summed E-state index contributed by atoms with van der Waals surface area (Å²) in [4.78, 5) is 11.7. The molecule has 1 saturated carbocycles. The molecule has 1 aromatic carbocycles. The standard InChI is InChI=1S/C15H19Cl2NO3/c16-13-6-5-12(7-14(13)17)21-9-15(20)18-8-10-1-3-11(19)4-2-10/h5-7,10-11,19H,1-4,8-9H2,(H,18,20). The number of nitrogens with one attached hydrogen (secondary N) is 1. The first-order valence-electron chi connectivity index (χ1n) is 7.07. The van der Waals surface area contributed by atoms with E-state index in [1.165, 1.54) is 0 Å². The van der Waals surface area contributed by atoms with E-state index in [1.807, 2.05) is 0 Å². The molecule has 0 bridgehead atoms. The molecular weight excluding hydrogens is 313 g/mol. The number of rotatable bonds is 5. The van der Waals surface area contributed by atoms with Gasteiger partial charge >= 0.3 is 0 Å². The molecule has 4 nitrogen and oxygen atoms in total. The van der Waals surface area contributed by atoms with E-state index in [0.29, 0.717) is 28.3 Å². The summed E-state index contributed by atoms with van der Waals surface area (Å²) in [5.41, 5.74) is 0. The Balaban J connectivity index is 1.68. The molecule has 21 heavy (non-hydrogen) atoms. The number of halogens is 2. The number of carbonyl (C=O) groups excluding carboxylic acids is 1. The molecule has 1 aromatic rings. The van der Waals surface area contributed by atoms with Crippen molar-refractivity contribution in [1.29, 1.82) is 0 Å². The summed E-state index contributed by atoms with van der Waals surface area (Å²) in [6.07, 6.45) is 3.38. The molecule has 116 valence electrons. The normalized spacial score (nSPS) is 21.9. The van der Waals surface area contributed by atoms with Crippen molar-refractivity contribution in [2.24, 2.45) is 5.92 Å². The zero-order valence-corrected chi connectivity index (χ0v) is 13.2. The number of aliphatic hydroxyl groups is 1. The van der Waals surface area contributed by atoms with Gasteiger partial charge in [-0.2, -0.15) is 0 Å². The second-order valence-corrected chi connectivity index (χ2v) is 6.16. The molecule has 6 heteroatoms.